The lowest BCUT2D eigenvalue weighted by atomic mass is 10.1. The van der Waals surface area contributed by atoms with Crippen molar-refractivity contribution in [1.82, 2.24) is 10.6 Å². The Morgan fingerprint density at radius 2 is 1.11 bits per heavy atom. The molecule has 0 saturated carbocycles. The molecule has 0 aliphatic carbocycles. The predicted octanol–water partition coefficient (Wildman–Crippen LogP) is 4.92. The van der Waals surface area contributed by atoms with Crippen molar-refractivity contribution < 1.29 is 28.7 Å². The van der Waals surface area contributed by atoms with Crippen LogP contribution in [0.15, 0.2) is 24.3 Å². The van der Waals surface area contributed by atoms with Crippen molar-refractivity contribution >= 4 is 23.8 Å². The minimum Gasteiger partial charge on any atom is -0.466 e. The number of ether oxygens (including phenoxy) is 2. The number of nitrogens with one attached hydrogen (secondary N) is 2. The van der Waals surface area contributed by atoms with Gasteiger partial charge in [-0.1, -0.05) is 57.6 Å². The second-order valence-corrected chi connectivity index (χ2v) is 8.96. The van der Waals surface area contributed by atoms with Crippen LogP contribution in [0.25, 0.3) is 0 Å². The maximum absolute atomic E-state index is 12.1. The van der Waals surface area contributed by atoms with Crippen LogP contribution in [-0.4, -0.2) is 49.6 Å². The Hall–Kier alpha value is -2.64. The van der Waals surface area contributed by atoms with Gasteiger partial charge in [0.25, 0.3) is 0 Å². The molecule has 0 aliphatic rings. The maximum Gasteiger partial charge on any atom is 0.302 e. The molecule has 206 valence electrons. The fourth-order valence-corrected chi connectivity index (χ4v) is 3.43. The Morgan fingerprint density at radius 1 is 0.667 bits per heavy atom. The maximum atomic E-state index is 12.1. The zero-order chi connectivity index (χ0) is 26.9. The van der Waals surface area contributed by atoms with Crippen molar-refractivity contribution in [2.24, 2.45) is 0 Å². The van der Waals surface area contributed by atoms with Crippen molar-refractivity contribution in [3.8, 4) is 0 Å². The molecule has 0 fully saturated rings. The SMILES string of the molecule is CC[C@@H](CNC(=O)/C=C/CCCCCCCOC(C)=O)NC(=O)/C=C/CCCCCCCOC(C)=O. The summed E-state index contributed by atoms with van der Waals surface area (Å²) in [4.78, 5) is 45.5. The fraction of sp³-hybridized carbons (Fsp3) is 0.714. The lowest BCUT2D eigenvalue weighted by Crippen LogP contribution is -2.42. The van der Waals surface area contributed by atoms with Crippen molar-refractivity contribution in [3.63, 3.8) is 0 Å². The van der Waals surface area contributed by atoms with Crippen LogP contribution in [0.5, 0.6) is 0 Å². The van der Waals surface area contributed by atoms with Gasteiger partial charge < -0.3 is 20.1 Å². The van der Waals surface area contributed by atoms with Crippen molar-refractivity contribution in [2.45, 2.75) is 110 Å². The van der Waals surface area contributed by atoms with Crippen LogP contribution >= 0.6 is 0 Å². The van der Waals surface area contributed by atoms with Gasteiger partial charge in [0, 0.05) is 26.4 Å². The minimum atomic E-state index is -0.229. The first-order valence-electron chi connectivity index (χ1n) is 13.5. The van der Waals surface area contributed by atoms with Crippen molar-refractivity contribution in [3.05, 3.63) is 24.3 Å². The number of hydrogen-bond acceptors (Lipinski definition) is 6. The van der Waals surface area contributed by atoms with E-state index >= 15 is 0 Å². The highest BCUT2D eigenvalue weighted by molar-refractivity contribution is 5.88. The Labute approximate surface area is 217 Å². The molecule has 0 aromatic carbocycles. The second kappa shape index (κ2) is 24.1. The number of allylic oxidation sites excluding steroid dienone is 2. The normalized spacial score (nSPS) is 12.0. The lowest BCUT2D eigenvalue weighted by molar-refractivity contribution is -0.142. The Morgan fingerprint density at radius 3 is 1.58 bits per heavy atom. The van der Waals surface area contributed by atoms with E-state index in [0.717, 1.165) is 83.5 Å². The monoisotopic (exact) mass is 508 g/mol. The lowest BCUT2D eigenvalue weighted by Gasteiger charge is -2.16. The van der Waals surface area contributed by atoms with E-state index in [0.29, 0.717) is 19.8 Å². The summed E-state index contributed by atoms with van der Waals surface area (Å²) in [5.74, 6) is -0.743. The first-order valence-corrected chi connectivity index (χ1v) is 13.5. The van der Waals surface area contributed by atoms with Gasteiger partial charge >= 0.3 is 11.9 Å². The summed E-state index contributed by atoms with van der Waals surface area (Å²) in [6.07, 6.45) is 19.6. The quantitative estimate of drug-likeness (QED) is 0.122. The van der Waals surface area contributed by atoms with Gasteiger partial charge in [0.05, 0.1) is 13.2 Å². The number of amides is 2. The van der Waals surface area contributed by atoms with E-state index in [1.807, 2.05) is 19.1 Å². The molecular weight excluding hydrogens is 460 g/mol. The highest BCUT2D eigenvalue weighted by Crippen LogP contribution is 2.07. The van der Waals surface area contributed by atoms with E-state index in [1.54, 1.807) is 12.2 Å². The number of esters is 2. The van der Waals surface area contributed by atoms with E-state index in [1.165, 1.54) is 13.8 Å². The van der Waals surface area contributed by atoms with Gasteiger partial charge in [0.2, 0.25) is 11.8 Å². The van der Waals surface area contributed by atoms with Gasteiger partial charge in [-0.05, 0) is 57.1 Å². The summed E-state index contributed by atoms with van der Waals surface area (Å²) in [5, 5.41) is 5.78. The van der Waals surface area contributed by atoms with Crippen LogP contribution < -0.4 is 10.6 Å². The second-order valence-electron chi connectivity index (χ2n) is 8.96. The molecule has 0 rings (SSSR count). The zero-order valence-corrected chi connectivity index (χ0v) is 22.6. The Kier molecular flexibility index (Phi) is 22.3. The molecule has 36 heavy (non-hydrogen) atoms. The first-order chi connectivity index (χ1) is 17.3. The van der Waals surface area contributed by atoms with Crippen LogP contribution in [-0.2, 0) is 28.7 Å². The van der Waals surface area contributed by atoms with Crippen LogP contribution in [0, 0.1) is 0 Å². The molecule has 0 bridgehead atoms. The standard InChI is InChI=1S/C28H48N2O6/c1-4-26(30-28(34)20-16-12-8-6-10-14-18-22-36-25(3)32)23-29-27(33)19-15-11-7-5-9-13-17-21-35-24(2)31/h15-16,19-20,26H,4-14,17-18,21-23H2,1-3H3,(H,29,33)(H,30,34)/b19-15+,20-16+/t26-/m0/s1. The van der Waals surface area contributed by atoms with Crippen molar-refractivity contribution in [2.75, 3.05) is 19.8 Å². The Bertz CT molecular complexity index is 675. The smallest absolute Gasteiger partial charge is 0.302 e. The molecule has 8 nitrogen and oxygen atoms in total. The summed E-state index contributed by atoms with van der Waals surface area (Å²) in [5.41, 5.74) is 0. The molecule has 0 aliphatic heterocycles. The van der Waals surface area contributed by atoms with E-state index in [4.69, 9.17) is 9.47 Å². The summed E-state index contributed by atoms with van der Waals surface area (Å²) < 4.78 is 9.80. The molecule has 0 spiro atoms. The van der Waals surface area contributed by atoms with E-state index in [2.05, 4.69) is 10.6 Å². The largest absolute Gasteiger partial charge is 0.466 e. The molecule has 2 N–H and O–H groups in total. The third kappa shape index (κ3) is 24.5. The number of carbonyl (C=O) groups excluding carboxylic acids is 4. The average molecular weight is 509 g/mol. The molecule has 0 aromatic heterocycles. The van der Waals surface area contributed by atoms with E-state index < -0.39 is 0 Å². The number of hydrogen-bond donors (Lipinski definition) is 2. The molecule has 0 radical (unpaired) electrons. The van der Waals surface area contributed by atoms with Gasteiger partial charge in [-0.15, -0.1) is 0 Å². The van der Waals surface area contributed by atoms with Gasteiger partial charge in [0.15, 0.2) is 0 Å². The van der Waals surface area contributed by atoms with E-state index in [-0.39, 0.29) is 29.8 Å². The summed E-state index contributed by atoms with van der Waals surface area (Å²) in [6, 6.07) is -0.108. The molecule has 0 heterocycles. The molecular formula is C28H48N2O6. The fourth-order valence-electron chi connectivity index (χ4n) is 3.43. The molecule has 0 aromatic rings. The molecule has 0 saturated heterocycles. The zero-order valence-electron chi connectivity index (χ0n) is 22.6. The van der Waals surface area contributed by atoms with Gasteiger partial charge in [-0.2, -0.15) is 0 Å². The van der Waals surface area contributed by atoms with Crippen LogP contribution in [0.2, 0.25) is 0 Å². The van der Waals surface area contributed by atoms with Gasteiger partial charge in [-0.25, -0.2) is 0 Å². The summed E-state index contributed by atoms with van der Waals surface area (Å²) in [6.45, 7) is 6.20. The minimum absolute atomic E-state index is 0.108. The summed E-state index contributed by atoms with van der Waals surface area (Å²) >= 11 is 0. The van der Waals surface area contributed by atoms with Crippen LogP contribution in [0.4, 0.5) is 0 Å². The average Bonchev–Trinajstić information content (AvgIpc) is 2.83. The van der Waals surface area contributed by atoms with E-state index in [9.17, 15) is 19.2 Å². The van der Waals surface area contributed by atoms with Crippen LogP contribution in [0.1, 0.15) is 104 Å². The number of unbranched alkanes of at least 4 members (excludes halogenated alkanes) is 10. The number of rotatable bonds is 22. The third-order valence-electron chi connectivity index (χ3n) is 5.54. The van der Waals surface area contributed by atoms with Gasteiger partial charge in [0.1, 0.15) is 0 Å². The van der Waals surface area contributed by atoms with Crippen molar-refractivity contribution in [1.29, 1.82) is 0 Å². The first kappa shape index (κ1) is 33.4. The predicted molar refractivity (Wildman–Crippen MR) is 142 cm³/mol. The van der Waals surface area contributed by atoms with Crippen LogP contribution in [0.3, 0.4) is 0 Å². The number of carbonyl (C=O) groups is 4. The third-order valence-corrected chi connectivity index (χ3v) is 5.54. The molecule has 1 atom stereocenters. The highest BCUT2D eigenvalue weighted by atomic mass is 16.5. The highest BCUT2D eigenvalue weighted by Gasteiger charge is 2.09. The van der Waals surface area contributed by atoms with Gasteiger partial charge in [-0.3, -0.25) is 19.2 Å². The summed E-state index contributed by atoms with van der Waals surface area (Å²) in [7, 11) is 0. The Balaban J connectivity index is 3.78. The molecule has 2 amide bonds. The molecule has 0 unspecified atom stereocenters. The topological polar surface area (TPSA) is 111 Å². The molecule has 8 heteroatoms.